The largest absolute Gasteiger partial charge is 0.311 e. The molecule has 0 amide bonds. The zero-order valence-electron chi connectivity index (χ0n) is 9.57. The Kier molecular flexibility index (Phi) is 3.78. The number of piperazine rings is 1. The van der Waals surface area contributed by atoms with Crippen LogP contribution in [0.25, 0.3) is 0 Å². The third kappa shape index (κ3) is 3.03. The summed E-state index contributed by atoms with van der Waals surface area (Å²) in [6.45, 7) is 9.21. The van der Waals surface area contributed by atoms with Crippen LogP contribution in [-0.2, 0) is 6.54 Å². The summed E-state index contributed by atoms with van der Waals surface area (Å²) in [5, 5.41) is 8.01. The van der Waals surface area contributed by atoms with Crippen LogP contribution in [0.2, 0.25) is 0 Å². The van der Waals surface area contributed by atoms with Crippen molar-refractivity contribution < 1.29 is 0 Å². The van der Waals surface area contributed by atoms with E-state index < -0.39 is 0 Å². The molecule has 1 fully saturated rings. The minimum Gasteiger partial charge on any atom is -0.311 e. The molecule has 0 radical (unpaired) electrons. The maximum absolute atomic E-state index is 3.59. The molecule has 2 rings (SSSR count). The fourth-order valence-corrected chi connectivity index (χ4v) is 2.73. The van der Waals surface area contributed by atoms with Gasteiger partial charge in [0.25, 0.3) is 0 Å². The van der Waals surface area contributed by atoms with E-state index in [0.717, 1.165) is 19.0 Å². The van der Waals surface area contributed by atoms with E-state index >= 15 is 0 Å². The second-order valence-electron chi connectivity index (χ2n) is 4.67. The standard InChI is InChI=1S/C12H20N2S/c1-10(2)12-8-14(5-4-13-12)7-11-3-6-15-9-11/h3,6,9-10,12-13H,4-5,7-8H2,1-2H3. The van der Waals surface area contributed by atoms with Gasteiger partial charge in [-0.3, -0.25) is 4.90 Å². The molecule has 2 nitrogen and oxygen atoms in total. The summed E-state index contributed by atoms with van der Waals surface area (Å²) < 4.78 is 0. The molecule has 0 aromatic carbocycles. The smallest absolute Gasteiger partial charge is 0.0243 e. The first-order valence-electron chi connectivity index (χ1n) is 5.72. The lowest BCUT2D eigenvalue weighted by molar-refractivity contribution is 0.169. The second kappa shape index (κ2) is 5.10. The molecule has 1 unspecified atom stereocenters. The predicted octanol–water partition coefficient (Wildman–Crippen LogP) is 2.18. The zero-order chi connectivity index (χ0) is 10.7. The van der Waals surface area contributed by atoms with Crippen molar-refractivity contribution in [1.82, 2.24) is 10.2 Å². The number of thiophene rings is 1. The topological polar surface area (TPSA) is 15.3 Å². The van der Waals surface area contributed by atoms with Crippen molar-refractivity contribution in [1.29, 1.82) is 0 Å². The Labute approximate surface area is 96.3 Å². The van der Waals surface area contributed by atoms with Gasteiger partial charge in [-0.15, -0.1) is 0 Å². The Morgan fingerprint density at radius 1 is 1.60 bits per heavy atom. The summed E-state index contributed by atoms with van der Waals surface area (Å²) in [5.74, 6) is 0.732. The summed E-state index contributed by atoms with van der Waals surface area (Å²) in [5.41, 5.74) is 1.46. The minimum atomic E-state index is 0.664. The van der Waals surface area contributed by atoms with Crippen LogP contribution < -0.4 is 5.32 Å². The first kappa shape index (κ1) is 11.1. The quantitative estimate of drug-likeness (QED) is 0.846. The summed E-state index contributed by atoms with van der Waals surface area (Å²) in [6.07, 6.45) is 0. The Morgan fingerprint density at radius 2 is 2.47 bits per heavy atom. The van der Waals surface area contributed by atoms with E-state index in [-0.39, 0.29) is 0 Å². The molecule has 1 aliphatic heterocycles. The van der Waals surface area contributed by atoms with Crippen molar-refractivity contribution >= 4 is 11.3 Å². The Hall–Kier alpha value is -0.380. The lowest BCUT2D eigenvalue weighted by atomic mass is 10.0. The molecule has 1 aromatic heterocycles. The van der Waals surface area contributed by atoms with Gasteiger partial charge in [-0.1, -0.05) is 13.8 Å². The average molecular weight is 224 g/mol. The van der Waals surface area contributed by atoms with E-state index in [4.69, 9.17) is 0 Å². The molecule has 1 aliphatic rings. The Bertz CT molecular complexity index is 282. The minimum absolute atomic E-state index is 0.664. The summed E-state index contributed by atoms with van der Waals surface area (Å²) in [6, 6.07) is 2.90. The van der Waals surface area contributed by atoms with Crippen LogP contribution in [0.1, 0.15) is 19.4 Å². The zero-order valence-corrected chi connectivity index (χ0v) is 10.4. The molecule has 1 N–H and O–H groups in total. The van der Waals surface area contributed by atoms with Gasteiger partial charge in [-0.2, -0.15) is 11.3 Å². The average Bonchev–Trinajstić information content (AvgIpc) is 2.71. The van der Waals surface area contributed by atoms with Gasteiger partial charge in [0.2, 0.25) is 0 Å². The lowest BCUT2D eigenvalue weighted by Gasteiger charge is -2.35. The molecule has 0 saturated carbocycles. The maximum Gasteiger partial charge on any atom is 0.0243 e. The van der Waals surface area contributed by atoms with E-state index in [0.29, 0.717) is 6.04 Å². The van der Waals surface area contributed by atoms with Crippen molar-refractivity contribution in [2.75, 3.05) is 19.6 Å². The molecule has 1 aromatic rings. The first-order valence-corrected chi connectivity index (χ1v) is 6.67. The first-order chi connectivity index (χ1) is 7.25. The molecule has 0 aliphatic carbocycles. The molecule has 2 heterocycles. The number of nitrogens with one attached hydrogen (secondary N) is 1. The maximum atomic E-state index is 3.59. The van der Waals surface area contributed by atoms with E-state index in [9.17, 15) is 0 Å². The SMILES string of the molecule is CC(C)C1CN(Cc2ccsc2)CCN1. The highest BCUT2D eigenvalue weighted by atomic mass is 32.1. The number of hydrogen-bond acceptors (Lipinski definition) is 3. The summed E-state index contributed by atoms with van der Waals surface area (Å²) in [7, 11) is 0. The van der Waals surface area contributed by atoms with Crippen LogP contribution in [0, 0.1) is 5.92 Å². The fraction of sp³-hybridized carbons (Fsp3) is 0.667. The molecule has 0 spiro atoms. The Morgan fingerprint density at radius 3 is 3.13 bits per heavy atom. The molecule has 15 heavy (non-hydrogen) atoms. The van der Waals surface area contributed by atoms with Gasteiger partial charge in [-0.25, -0.2) is 0 Å². The molecule has 1 atom stereocenters. The van der Waals surface area contributed by atoms with Crippen molar-refractivity contribution in [2.45, 2.75) is 26.4 Å². The van der Waals surface area contributed by atoms with Crippen molar-refractivity contribution in [2.24, 2.45) is 5.92 Å². The highest BCUT2D eigenvalue weighted by Gasteiger charge is 2.21. The monoisotopic (exact) mass is 224 g/mol. The van der Waals surface area contributed by atoms with E-state index in [1.807, 2.05) is 0 Å². The van der Waals surface area contributed by atoms with Crippen LogP contribution in [0.4, 0.5) is 0 Å². The molecule has 0 bridgehead atoms. The third-order valence-corrected chi connectivity index (χ3v) is 3.81. The van der Waals surface area contributed by atoms with Gasteiger partial charge in [0.1, 0.15) is 0 Å². The van der Waals surface area contributed by atoms with Gasteiger partial charge in [-0.05, 0) is 28.3 Å². The van der Waals surface area contributed by atoms with Gasteiger partial charge in [0, 0.05) is 32.2 Å². The van der Waals surface area contributed by atoms with Crippen LogP contribution in [0.3, 0.4) is 0 Å². The van der Waals surface area contributed by atoms with Crippen molar-refractivity contribution in [3.63, 3.8) is 0 Å². The van der Waals surface area contributed by atoms with Gasteiger partial charge < -0.3 is 5.32 Å². The lowest BCUT2D eigenvalue weighted by Crippen LogP contribution is -2.52. The highest BCUT2D eigenvalue weighted by molar-refractivity contribution is 7.07. The molecule has 1 saturated heterocycles. The van der Waals surface area contributed by atoms with Crippen LogP contribution in [-0.4, -0.2) is 30.6 Å². The number of hydrogen-bond donors (Lipinski definition) is 1. The molecule has 84 valence electrons. The molecular formula is C12H20N2S. The van der Waals surface area contributed by atoms with Crippen LogP contribution >= 0.6 is 11.3 Å². The predicted molar refractivity (Wildman–Crippen MR) is 66.2 cm³/mol. The van der Waals surface area contributed by atoms with Gasteiger partial charge in [0.05, 0.1) is 0 Å². The second-order valence-corrected chi connectivity index (χ2v) is 5.45. The van der Waals surface area contributed by atoms with E-state index in [1.165, 1.54) is 18.7 Å². The number of nitrogens with zero attached hydrogens (tertiary/aromatic N) is 1. The van der Waals surface area contributed by atoms with E-state index in [1.54, 1.807) is 11.3 Å². The molecule has 3 heteroatoms. The highest BCUT2D eigenvalue weighted by Crippen LogP contribution is 2.13. The van der Waals surface area contributed by atoms with Crippen LogP contribution in [0.15, 0.2) is 16.8 Å². The van der Waals surface area contributed by atoms with E-state index in [2.05, 4.69) is 40.9 Å². The fourth-order valence-electron chi connectivity index (χ4n) is 2.07. The van der Waals surface area contributed by atoms with Gasteiger partial charge >= 0.3 is 0 Å². The normalized spacial score (nSPS) is 23.5. The van der Waals surface area contributed by atoms with Crippen LogP contribution in [0.5, 0.6) is 0 Å². The Balaban J connectivity index is 1.88. The van der Waals surface area contributed by atoms with Gasteiger partial charge in [0.15, 0.2) is 0 Å². The number of rotatable bonds is 3. The molecular weight excluding hydrogens is 204 g/mol. The summed E-state index contributed by atoms with van der Waals surface area (Å²) >= 11 is 1.79. The summed E-state index contributed by atoms with van der Waals surface area (Å²) in [4.78, 5) is 2.56. The van der Waals surface area contributed by atoms with Crippen molar-refractivity contribution in [3.8, 4) is 0 Å². The van der Waals surface area contributed by atoms with Crippen molar-refractivity contribution in [3.05, 3.63) is 22.4 Å². The third-order valence-electron chi connectivity index (χ3n) is 3.08.